The average Bonchev–Trinajstić information content (AvgIpc) is 2.19. The fraction of sp³-hybridized carbons (Fsp3) is 0.500. The zero-order chi connectivity index (χ0) is 5.82. The van der Waals surface area contributed by atoms with Crippen molar-refractivity contribution < 1.29 is 21.1 Å². The summed E-state index contributed by atoms with van der Waals surface area (Å²) < 4.78 is 0. The van der Waals surface area contributed by atoms with Gasteiger partial charge in [0.2, 0.25) is 0 Å². The summed E-state index contributed by atoms with van der Waals surface area (Å²) in [6.45, 7) is 3.25. The van der Waals surface area contributed by atoms with E-state index in [1.54, 1.807) is 0 Å². The van der Waals surface area contributed by atoms with Crippen LogP contribution in [0, 0.1) is 22.3 Å². The molecule has 0 saturated heterocycles. The van der Waals surface area contributed by atoms with Crippen molar-refractivity contribution in [2.24, 2.45) is 0 Å². The van der Waals surface area contributed by atoms with Crippen molar-refractivity contribution in [3.05, 3.63) is 34.4 Å². The molecule has 1 aliphatic carbocycles. The standard InChI is InChI=1S/C7H13N.3CH3.Pt/c1-2-8-7-5-3-4-6-7;;;;/h3-4,7-8H,2,5-6H2,1H3;3*1H3;/q;3*-1;+4. The van der Waals surface area contributed by atoms with Gasteiger partial charge in [0.05, 0.1) is 0 Å². The second-order valence-electron chi connectivity index (χ2n) is 2.20. The summed E-state index contributed by atoms with van der Waals surface area (Å²) >= 11 is 0. The Balaban J connectivity index is -0.0000000800. The summed E-state index contributed by atoms with van der Waals surface area (Å²) in [5.74, 6) is 0. The van der Waals surface area contributed by atoms with Crippen LogP contribution < -0.4 is 5.32 Å². The molecule has 0 amide bonds. The van der Waals surface area contributed by atoms with E-state index < -0.39 is 0 Å². The maximum absolute atomic E-state index is 3.38. The molecule has 0 unspecified atom stereocenters. The van der Waals surface area contributed by atoms with Gasteiger partial charge >= 0.3 is 21.1 Å². The Morgan fingerprint density at radius 3 is 1.92 bits per heavy atom. The van der Waals surface area contributed by atoms with Gasteiger partial charge in [-0.3, -0.25) is 0 Å². The van der Waals surface area contributed by atoms with Crippen LogP contribution in [0.5, 0.6) is 0 Å². The minimum absolute atomic E-state index is 0. The van der Waals surface area contributed by atoms with Crippen LogP contribution in [0.3, 0.4) is 0 Å². The van der Waals surface area contributed by atoms with Crippen molar-refractivity contribution in [1.82, 2.24) is 5.32 Å². The topological polar surface area (TPSA) is 12.0 Å². The molecule has 0 bridgehead atoms. The van der Waals surface area contributed by atoms with Gasteiger partial charge in [-0.1, -0.05) is 19.1 Å². The Hall–Kier alpha value is 0.388. The predicted molar refractivity (Wildman–Crippen MR) is 55.1 cm³/mol. The Kier molecular flexibility index (Phi) is 26.5. The molecule has 0 aliphatic heterocycles. The fourth-order valence-corrected chi connectivity index (χ4v) is 1.07. The van der Waals surface area contributed by atoms with Gasteiger partial charge in [0.15, 0.2) is 0 Å². The maximum Gasteiger partial charge on any atom is 4.00 e. The van der Waals surface area contributed by atoms with Crippen molar-refractivity contribution in [3.8, 4) is 0 Å². The molecule has 0 atom stereocenters. The van der Waals surface area contributed by atoms with Crippen molar-refractivity contribution in [2.75, 3.05) is 6.54 Å². The summed E-state index contributed by atoms with van der Waals surface area (Å²) in [5, 5.41) is 3.38. The van der Waals surface area contributed by atoms with Crippen molar-refractivity contribution >= 4 is 0 Å². The molecule has 1 aliphatic rings. The zero-order valence-corrected chi connectivity index (χ0v) is 10.9. The van der Waals surface area contributed by atoms with Crippen LogP contribution in [0.4, 0.5) is 0 Å². The summed E-state index contributed by atoms with van der Waals surface area (Å²) in [4.78, 5) is 0. The van der Waals surface area contributed by atoms with E-state index in [2.05, 4.69) is 24.4 Å². The molecule has 0 aromatic heterocycles. The van der Waals surface area contributed by atoms with E-state index in [0.29, 0.717) is 0 Å². The van der Waals surface area contributed by atoms with Gasteiger partial charge in [0.25, 0.3) is 0 Å². The van der Waals surface area contributed by atoms with Crippen LogP contribution in [0.25, 0.3) is 0 Å². The van der Waals surface area contributed by atoms with E-state index in [9.17, 15) is 0 Å². The number of hydrogen-bond donors (Lipinski definition) is 1. The van der Waals surface area contributed by atoms with Crippen LogP contribution in [0.15, 0.2) is 12.2 Å². The molecule has 0 saturated carbocycles. The third kappa shape index (κ3) is 8.48. The molecule has 0 fully saturated rings. The number of hydrogen-bond acceptors (Lipinski definition) is 1. The van der Waals surface area contributed by atoms with Gasteiger partial charge < -0.3 is 27.6 Å². The normalized spacial score (nSPS) is 13.4. The predicted octanol–water partition coefficient (Wildman–Crippen LogP) is 2.66. The smallest absolute Gasteiger partial charge is 0.358 e. The number of rotatable bonds is 2. The van der Waals surface area contributed by atoms with Crippen molar-refractivity contribution in [2.45, 2.75) is 25.8 Å². The van der Waals surface area contributed by atoms with E-state index >= 15 is 0 Å². The van der Waals surface area contributed by atoms with E-state index in [1.165, 1.54) is 12.8 Å². The minimum atomic E-state index is 0. The molecular formula is C10H22NPt+. The molecule has 0 aromatic rings. The average molecular weight is 351 g/mol. The molecular weight excluding hydrogens is 329 g/mol. The summed E-state index contributed by atoms with van der Waals surface area (Å²) in [6.07, 6.45) is 6.95. The molecule has 1 rings (SSSR count). The molecule has 0 aromatic carbocycles. The first-order valence-corrected chi connectivity index (χ1v) is 3.32. The first-order valence-electron chi connectivity index (χ1n) is 3.32. The first kappa shape index (κ1) is 22.8. The largest absolute Gasteiger partial charge is 4.00 e. The van der Waals surface area contributed by atoms with Crippen LogP contribution in [-0.2, 0) is 21.1 Å². The Bertz CT molecular complexity index is 83.8. The summed E-state index contributed by atoms with van der Waals surface area (Å²) in [6, 6.07) is 0.750. The van der Waals surface area contributed by atoms with Gasteiger partial charge in [0.1, 0.15) is 0 Å². The van der Waals surface area contributed by atoms with Crippen LogP contribution in [-0.4, -0.2) is 12.6 Å². The monoisotopic (exact) mass is 351 g/mol. The fourth-order valence-electron chi connectivity index (χ4n) is 1.07. The molecule has 0 heterocycles. The molecule has 1 N–H and O–H groups in total. The van der Waals surface area contributed by atoms with Crippen molar-refractivity contribution in [3.63, 3.8) is 0 Å². The molecule has 76 valence electrons. The van der Waals surface area contributed by atoms with Gasteiger partial charge in [-0.15, -0.1) is 0 Å². The molecule has 2 heteroatoms. The van der Waals surface area contributed by atoms with Gasteiger partial charge in [-0.05, 0) is 19.4 Å². The maximum atomic E-state index is 3.38. The third-order valence-corrected chi connectivity index (χ3v) is 1.50. The SMILES string of the molecule is CCNC1CC=CC1.[CH3-].[CH3-].[CH3-].[Pt+4]. The summed E-state index contributed by atoms with van der Waals surface area (Å²) in [7, 11) is 0. The molecule has 0 radical (unpaired) electrons. The van der Waals surface area contributed by atoms with Crippen molar-refractivity contribution in [1.29, 1.82) is 0 Å². The number of nitrogens with one attached hydrogen (secondary N) is 1. The van der Waals surface area contributed by atoms with Crippen LogP contribution >= 0.6 is 0 Å². The minimum Gasteiger partial charge on any atom is -0.358 e. The van der Waals surface area contributed by atoms with Crippen LogP contribution in [0.2, 0.25) is 0 Å². The zero-order valence-electron chi connectivity index (χ0n) is 8.67. The Morgan fingerprint density at radius 1 is 1.17 bits per heavy atom. The van der Waals surface area contributed by atoms with Gasteiger partial charge in [-0.25, -0.2) is 0 Å². The van der Waals surface area contributed by atoms with Gasteiger partial charge in [0, 0.05) is 6.04 Å². The molecule has 12 heavy (non-hydrogen) atoms. The second-order valence-corrected chi connectivity index (χ2v) is 2.20. The second kappa shape index (κ2) is 13.9. The van der Waals surface area contributed by atoms with E-state index in [-0.39, 0.29) is 43.3 Å². The first-order chi connectivity index (χ1) is 3.93. The molecule has 0 spiro atoms. The Morgan fingerprint density at radius 2 is 1.58 bits per heavy atom. The quantitative estimate of drug-likeness (QED) is 0.596. The Labute approximate surface area is 93.3 Å². The van der Waals surface area contributed by atoms with E-state index in [4.69, 9.17) is 0 Å². The van der Waals surface area contributed by atoms with E-state index in [1.807, 2.05) is 0 Å². The van der Waals surface area contributed by atoms with Crippen LogP contribution in [0.1, 0.15) is 19.8 Å². The molecule has 1 nitrogen and oxygen atoms in total. The third-order valence-electron chi connectivity index (χ3n) is 1.50. The van der Waals surface area contributed by atoms with Gasteiger partial charge in [-0.2, -0.15) is 0 Å². The summed E-state index contributed by atoms with van der Waals surface area (Å²) in [5.41, 5.74) is 0. The van der Waals surface area contributed by atoms with E-state index in [0.717, 1.165) is 12.6 Å².